The van der Waals surface area contributed by atoms with Gasteiger partial charge in [-0.15, -0.1) is 0 Å². The van der Waals surface area contributed by atoms with E-state index in [1.165, 1.54) is 0 Å². The summed E-state index contributed by atoms with van der Waals surface area (Å²) in [5.41, 5.74) is 1.79. The third kappa shape index (κ3) is 4.92. The molecule has 0 bridgehead atoms. The molecule has 142 valence electrons. The highest BCUT2D eigenvalue weighted by atomic mass is 35.5. The van der Waals surface area contributed by atoms with Crippen LogP contribution in [0.3, 0.4) is 0 Å². The number of rotatable bonds is 6. The zero-order valence-electron chi connectivity index (χ0n) is 15.0. The molecular weight excluding hydrogens is 368 g/mol. The van der Waals surface area contributed by atoms with Crippen LogP contribution in [0.25, 0.3) is 0 Å². The fourth-order valence-electron chi connectivity index (χ4n) is 2.74. The maximum absolute atomic E-state index is 12.4. The molecule has 0 saturated carbocycles. The van der Waals surface area contributed by atoms with E-state index in [0.29, 0.717) is 47.5 Å². The maximum Gasteiger partial charge on any atom is 0.251 e. The van der Waals surface area contributed by atoms with Gasteiger partial charge in [0.25, 0.3) is 5.91 Å². The third-order valence-corrected chi connectivity index (χ3v) is 4.25. The Kier molecular flexibility index (Phi) is 6.19. The molecule has 0 radical (unpaired) electrons. The minimum atomic E-state index is -0.214. The summed E-state index contributed by atoms with van der Waals surface area (Å²) in [6.07, 6.45) is 0.989. The smallest absolute Gasteiger partial charge is 0.251 e. The first-order valence-electron chi connectivity index (χ1n) is 8.83. The Balaban J connectivity index is 1.66. The standard InChI is InChI=1S/C20H21ClN2O4/c1-2-6-22-20(25)14-4-3-5-15(12-14)23-18(24)11-13-9-16(21)19-17(10-13)26-7-8-27-19/h3-5,9-10,12H,2,6-8,11H2,1H3,(H,22,25)(H,23,24). The predicted molar refractivity (Wildman–Crippen MR) is 104 cm³/mol. The van der Waals surface area contributed by atoms with Crippen LogP contribution in [0.4, 0.5) is 5.69 Å². The number of hydrogen-bond donors (Lipinski definition) is 2. The third-order valence-electron chi connectivity index (χ3n) is 3.97. The first kappa shape index (κ1) is 19.0. The Morgan fingerprint density at radius 3 is 2.78 bits per heavy atom. The van der Waals surface area contributed by atoms with E-state index in [-0.39, 0.29) is 18.2 Å². The molecule has 0 saturated heterocycles. The summed E-state index contributed by atoms with van der Waals surface area (Å²) < 4.78 is 11.0. The molecule has 2 aromatic rings. The average molecular weight is 389 g/mol. The van der Waals surface area contributed by atoms with Gasteiger partial charge in [0.2, 0.25) is 5.91 Å². The van der Waals surface area contributed by atoms with Crippen LogP contribution in [-0.4, -0.2) is 31.6 Å². The van der Waals surface area contributed by atoms with E-state index in [1.807, 2.05) is 6.92 Å². The van der Waals surface area contributed by atoms with Gasteiger partial charge in [0, 0.05) is 17.8 Å². The second kappa shape index (κ2) is 8.77. The first-order chi connectivity index (χ1) is 13.1. The molecule has 1 heterocycles. The molecule has 6 nitrogen and oxygen atoms in total. The highest BCUT2D eigenvalue weighted by Crippen LogP contribution is 2.38. The van der Waals surface area contributed by atoms with Crippen LogP contribution in [0.15, 0.2) is 36.4 Å². The number of halogens is 1. The fourth-order valence-corrected chi connectivity index (χ4v) is 3.02. The van der Waals surface area contributed by atoms with Crippen LogP contribution in [-0.2, 0) is 11.2 Å². The van der Waals surface area contributed by atoms with Crippen molar-refractivity contribution in [3.8, 4) is 11.5 Å². The van der Waals surface area contributed by atoms with Crippen molar-refractivity contribution in [2.75, 3.05) is 25.1 Å². The second-order valence-electron chi connectivity index (χ2n) is 6.16. The Bertz CT molecular complexity index is 854. The SMILES string of the molecule is CCCNC(=O)c1cccc(NC(=O)Cc2cc(Cl)c3c(c2)OCCO3)c1. The van der Waals surface area contributed by atoms with Crippen molar-refractivity contribution < 1.29 is 19.1 Å². The lowest BCUT2D eigenvalue weighted by atomic mass is 10.1. The highest BCUT2D eigenvalue weighted by Gasteiger charge is 2.18. The molecule has 0 aromatic heterocycles. The van der Waals surface area contributed by atoms with Crippen LogP contribution in [0, 0.1) is 0 Å². The number of carbonyl (C=O) groups excluding carboxylic acids is 2. The largest absolute Gasteiger partial charge is 0.486 e. The molecule has 2 N–H and O–H groups in total. The number of amides is 2. The normalized spacial score (nSPS) is 12.4. The number of hydrogen-bond acceptors (Lipinski definition) is 4. The minimum Gasteiger partial charge on any atom is -0.486 e. The van der Waals surface area contributed by atoms with Crippen molar-refractivity contribution in [3.63, 3.8) is 0 Å². The molecule has 0 spiro atoms. The topological polar surface area (TPSA) is 76.7 Å². The number of ether oxygens (including phenoxy) is 2. The summed E-state index contributed by atoms with van der Waals surface area (Å²) in [4.78, 5) is 24.4. The van der Waals surface area contributed by atoms with Crippen molar-refractivity contribution in [1.82, 2.24) is 5.32 Å². The summed E-state index contributed by atoms with van der Waals surface area (Å²) in [5.74, 6) is 0.685. The zero-order chi connectivity index (χ0) is 19.2. The van der Waals surface area contributed by atoms with E-state index < -0.39 is 0 Å². The Hall–Kier alpha value is -2.73. The first-order valence-corrected chi connectivity index (χ1v) is 9.20. The van der Waals surface area contributed by atoms with E-state index in [9.17, 15) is 9.59 Å². The van der Waals surface area contributed by atoms with Crippen LogP contribution in [0.5, 0.6) is 11.5 Å². The van der Waals surface area contributed by atoms with Gasteiger partial charge in [0.15, 0.2) is 11.5 Å². The zero-order valence-corrected chi connectivity index (χ0v) is 15.8. The molecule has 0 atom stereocenters. The summed E-state index contributed by atoms with van der Waals surface area (Å²) in [7, 11) is 0. The lowest BCUT2D eigenvalue weighted by Gasteiger charge is -2.20. The number of carbonyl (C=O) groups is 2. The van der Waals surface area contributed by atoms with Gasteiger partial charge in [0.05, 0.1) is 11.4 Å². The van der Waals surface area contributed by atoms with Gasteiger partial charge in [0.1, 0.15) is 13.2 Å². The Morgan fingerprint density at radius 2 is 1.96 bits per heavy atom. The van der Waals surface area contributed by atoms with Crippen molar-refractivity contribution in [2.45, 2.75) is 19.8 Å². The number of nitrogens with one attached hydrogen (secondary N) is 2. The van der Waals surface area contributed by atoms with Gasteiger partial charge in [-0.05, 0) is 42.3 Å². The molecule has 27 heavy (non-hydrogen) atoms. The van der Waals surface area contributed by atoms with Gasteiger partial charge < -0.3 is 20.1 Å². The second-order valence-corrected chi connectivity index (χ2v) is 6.57. The summed E-state index contributed by atoms with van der Waals surface area (Å²) >= 11 is 6.21. The lowest BCUT2D eigenvalue weighted by Crippen LogP contribution is -2.24. The van der Waals surface area contributed by atoms with Crippen molar-refractivity contribution in [2.24, 2.45) is 0 Å². The summed E-state index contributed by atoms with van der Waals surface area (Å²) in [6.45, 7) is 3.50. The lowest BCUT2D eigenvalue weighted by molar-refractivity contribution is -0.115. The molecule has 2 amide bonds. The van der Waals surface area contributed by atoms with Gasteiger partial charge in [-0.25, -0.2) is 0 Å². The highest BCUT2D eigenvalue weighted by molar-refractivity contribution is 6.32. The van der Waals surface area contributed by atoms with Crippen molar-refractivity contribution >= 4 is 29.1 Å². The fraction of sp³-hybridized carbons (Fsp3) is 0.300. The number of fused-ring (bicyclic) bond motifs is 1. The molecule has 2 aromatic carbocycles. The molecule has 0 aliphatic carbocycles. The molecule has 1 aliphatic heterocycles. The van der Waals surface area contributed by atoms with Crippen LogP contribution in [0.2, 0.25) is 5.02 Å². The van der Waals surface area contributed by atoms with E-state index in [1.54, 1.807) is 36.4 Å². The van der Waals surface area contributed by atoms with E-state index in [2.05, 4.69) is 10.6 Å². The van der Waals surface area contributed by atoms with Crippen LogP contribution >= 0.6 is 11.6 Å². The molecule has 7 heteroatoms. The van der Waals surface area contributed by atoms with Crippen LogP contribution in [0.1, 0.15) is 29.3 Å². The van der Waals surface area contributed by atoms with E-state index >= 15 is 0 Å². The molecule has 1 aliphatic rings. The van der Waals surface area contributed by atoms with Gasteiger partial charge >= 0.3 is 0 Å². The van der Waals surface area contributed by atoms with Crippen molar-refractivity contribution in [1.29, 1.82) is 0 Å². The van der Waals surface area contributed by atoms with E-state index in [0.717, 1.165) is 12.0 Å². The minimum absolute atomic E-state index is 0.128. The Morgan fingerprint density at radius 1 is 1.15 bits per heavy atom. The quantitative estimate of drug-likeness (QED) is 0.794. The van der Waals surface area contributed by atoms with Gasteiger partial charge in [-0.3, -0.25) is 9.59 Å². The monoisotopic (exact) mass is 388 g/mol. The van der Waals surface area contributed by atoms with Crippen molar-refractivity contribution in [3.05, 3.63) is 52.5 Å². The molecular formula is C20H21ClN2O4. The summed E-state index contributed by atoms with van der Waals surface area (Å²) in [6, 6.07) is 10.3. The molecule has 0 unspecified atom stereocenters. The van der Waals surface area contributed by atoms with Gasteiger partial charge in [-0.1, -0.05) is 24.6 Å². The molecule has 3 rings (SSSR count). The van der Waals surface area contributed by atoms with E-state index in [4.69, 9.17) is 21.1 Å². The summed E-state index contributed by atoms with van der Waals surface area (Å²) in [5, 5.41) is 6.04. The predicted octanol–water partition coefficient (Wildman–Crippen LogP) is 3.43. The number of benzene rings is 2. The Labute approximate surface area is 162 Å². The average Bonchev–Trinajstić information content (AvgIpc) is 2.66. The van der Waals surface area contributed by atoms with Crippen LogP contribution < -0.4 is 20.1 Å². The van der Waals surface area contributed by atoms with Gasteiger partial charge in [-0.2, -0.15) is 0 Å². The maximum atomic E-state index is 12.4. The number of anilines is 1. The molecule has 0 fully saturated rings.